The Labute approximate surface area is 120 Å². The quantitative estimate of drug-likeness (QED) is 0.344. The fraction of sp³-hybridized carbons (Fsp3) is 1.00. The van der Waals surface area contributed by atoms with Gasteiger partial charge in [0.15, 0.2) is 6.29 Å². The Morgan fingerprint density at radius 2 is 1.26 bits per heavy atom. The van der Waals surface area contributed by atoms with Gasteiger partial charge < -0.3 is 9.84 Å². The van der Waals surface area contributed by atoms with Crippen LogP contribution < -0.4 is 0 Å². The molecule has 0 radical (unpaired) electrons. The highest BCUT2D eigenvalue weighted by Crippen LogP contribution is 2.16. The number of hydrogen-bond acceptors (Lipinski definition) is 2. The molecular weight excluding hydrogens is 236 g/mol. The third-order valence-electron chi connectivity index (χ3n) is 3.84. The maximum absolute atomic E-state index is 9.64. The molecule has 0 spiro atoms. The second kappa shape index (κ2) is 14.3. The zero-order valence-electron chi connectivity index (χ0n) is 13.5. The Kier molecular flexibility index (Phi) is 14.3. The molecule has 0 heterocycles. The van der Waals surface area contributed by atoms with Crippen LogP contribution in [0, 0.1) is 5.92 Å². The van der Waals surface area contributed by atoms with Gasteiger partial charge in [0.1, 0.15) is 0 Å². The van der Waals surface area contributed by atoms with Gasteiger partial charge >= 0.3 is 0 Å². The molecule has 2 atom stereocenters. The van der Waals surface area contributed by atoms with Gasteiger partial charge in [-0.2, -0.15) is 0 Å². The summed E-state index contributed by atoms with van der Waals surface area (Å²) in [5.74, 6) is 0.272. The number of aliphatic hydroxyl groups excluding tert-OH is 1. The second-order valence-electron chi connectivity index (χ2n) is 5.79. The molecule has 1 N–H and O–H groups in total. The van der Waals surface area contributed by atoms with E-state index < -0.39 is 6.29 Å². The van der Waals surface area contributed by atoms with E-state index in [9.17, 15) is 5.11 Å². The predicted octanol–water partition coefficient (Wildman–Crippen LogP) is 5.29. The lowest BCUT2D eigenvalue weighted by Crippen LogP contribution is -2.21. The van der Waals surface area contributed by atoms with E-state index in [0.29, 0.717) is 6.61 Å². The molecule has 0 saturated heterocycles. The molecule has 0 bridgehead atoms. The van der Waals surface area contributed by atoms with Crippen molar-refractivity contribution in [2.45, 2.75) is 97.7 Å². The Hall–Kier alpha value is -0.0800. The van der Waals surface area contributed by atoms with Gasteiger partial charge in [-0.15, -0.1) is 0 Å². The molecule has 2 heteroatoms. The first-order valence-corrected chi connectivity index (χ1v) is 8.52. The summed E-state index contributed by atoms with van der Waals surface area (Å²) in [5.41, 5.74) is 0. The van der Waals surface area contributed by atoms with Crippen molar-refractivity contribution in [1.82, 2.24) is 0 Å². The first kappa shape index (κ1) is 18.9. The predicted molar refractivity (Wildman–Crippen MR) is 83.3 cm³/mol. The Morgan fingerprint density at radius 3 is 1.74 bits per heavy atom. The van der Waals surface area contributed by atoms with Crippen molar-refractivity contribution in [3.05, 3.63) is 0 Å². The average molecular weight is 272 g/mol. The molecular formula is C17H36O2. The third kappa shape index (κ3) is 12.7. The standard InChI is InChI=1S/C17H36O2/c1-4-6-7-8-9-10-11-12-13-14-15-16(3)17(18)19-5-2/h16-18H,4-15H2,1-3H3. The molecule has 0 fully saturated rings. The van der Waals surface area contributed by atoms with E-state index in [1.807, 2.05) is 6.92 Å². The SMILES string of the molecule is CCCCCCCCCCCCC(C)C(O)OCC. The van der Waals surface area contributed by atoms with Crippen LogP contribution in [0.1, 0.15) is 91.4 Å². The van der Waals surface area contributed by atoms with Crippen LogP contribution in [0.25, 0.3) is 0 Å². The molecule has 0 amide bonds. The van der Waals surface area contributed by atoms with Crippen LogP contribution in [0.5, 0.6) is 0 Å². The summed E-state index contributed by atoms with van der Waals surface area (Å²) in [6.45, 7) is 6.87. The Bertz CT molecular complexity index is 171. The average Bonchev–Trinajstić information content (AvgIpc) is 2.41. The number of ether oxygens (including phenoxy) is 1. The van der Waals surface area contributed by atoms with Crippen molar-refractivity contribution in [1.29, 1.82) is 0 Å². The third-order valence-corrected chi connectivity index (χ3v) is 3.84. The van der Waals surface area contributed by atoms with Crippen LogP contribution in [-0.2, 0) is 4.74 Å². The molecule has 116 valence electrons. The van der Waals surface area contributed by atoms with Crippen molar-refractivity contribution in [2.24, 2.45) is 5.92 Å². The molecule has 0 aliphatic carbocycles. The minimum Gasteiger partial charge on any atom is -0.368 e. The topological polar surface area (TPSA) is 29.5 Å². The van der Waals surface area contributed by atoms with E-state index in [1.165, 1.54) is 64.2 Å². The van der Waals surface area contributed by atoms with Gasteiger partial charge in [-0.3, -0.25) is 0 Å². The Morgan fingerprint density at radius 1 is 0.789 bits per heavy atom. The zero-order chi connectivity index (χ0) is 14.3. The normalized spacial score (nSPS) is 14.5. The Balaban J connectivity index is 3.18. The van der Waals surface area contributed by atoms with Gasteiger partial charge in [-0.05, 0) is 13.3 Å². The first-order valence-electron chi connectivity index (χ1n) is 8.52. The first-order chi connectivity index (χ1) is 9.22. The lowest BCUT2D eigenvalue weighted by atomic mass is 10.0. The molecule has 0 aliphatic heterocycles. The number of hydrogen-bond donors (Lipinski definition) is 1. The molecule has 0 aliphatic rings. The van der Waals surface area contributed by atoms with E-state index >= 15 is 0 Å². The molecule has 0 rings (SSSR count). The molecule has 0 aromatic carbocycles. The van der Waals surface area contributed by atoms with E-state index in [0.717, 1.165) is 6.42 Å². The van der Waals surface area contributed by atoms with Crippen molar-refractivity contribution >= 4 is 0 Å². The highest BCUT2D eigenvalue weighted by molar-refractivity contribution is 4.56. The van der Waals surface area contributed by atoms with E-state index in [4.69, 9.17) is 4.74 Å². The molecule has 0 aromatic rings. The lowest BCUT2D eigenvalue weighted by molar-refractivity contribution is -0.128. The van der Waals surface area contributed by atoms with Crippen LogP contribution >= 0.6 is 0 Å². The van der Waals surface area contributed by atoms with Gasteiger partial charge in [0, 0.05) is 12.5 Å². The summed E-state index contributed by atoms with van der Waals surface area (Å²) in [4.78, 5) is 0. The minimum absolute atomic E-state index is 0.272. The van der Waals surface area contributed by atoms with Crippen LogP contribution in [-0.4, -0.2) is 18.0 Å². The fourth-order valence-electron chi connectivity index (χ4n) is 2.43. The fourth-order valence-corrected chi connectivity index (χ4v) is 2.43. The highest BCUT2D eigenvalue weighted by atomic mass is 16.6. The van der Waals surface area contributed by atoms with Crippen LogP contribution in [0.2, 0.25) is 0 Å². The van der Waals surface area contributed by atoms with E-state index in [1.54, 1.807) is 0 Å². The van der Waals surface area contributed by atoms with Crippen molar-refractivity contribution < 1.29 is 9.84 Å². The van der Waals surface area contributed by atoms with Crippen LogP contribution in [0.15, 0.2) is 0 Å². The van der Waals surface area contributed by atoms with Crippen molar-refractivity contribution in [3.63, 3.8) is 0 Å². The van der Waals surface area contributed by atoms with Gasteiger partial charge in [-0.1, -0.05) is 78.1 Å². The highest BCUT2D eigenvalue weighted by Gasteiger charge is 2.12. The molecule has 2 unspecified atom stereocenters. The summed E-state index contributed by atoms with van der Waals surface area (Å²) in [7, 11) is 0. The largest absolute Gasteiger partial charge is 0.368 e. The molecule has 2 nitrogen and oxygen atoms in total. The van der Waals surface area contributed by atoms with Gasteiger partial charge in [-0.25, -0.2) is 0 Å². The van der Waals surface area contributed by atoms with Gasteiger partial charge in [0.2, 0.25) is 0 Å². The monoisotopic (exact) mass is 272 g/mol. The summed E-state index contributed by atoms with van der Waals surface area (Å²) in [6.07, 6.45) is 14.2. The van der Waals surface area contributed by atoms with Crippen molar-refractivity contribution in [3.8, 4) is 0 Å². The second-order valence-corrected chi connectivity index (χ2v) is 5.79. The number of rotatable bonds is 14. The van der Waals surface area contributed by atoms with E-state index in [2.05, 4.69) is 13.8 Å². The summed E-state index contributed by atoms with van der Waals surface area (Å²) in [5, 5.41) is 9.64. The maximum atomic E-state index is 9.64. The lowest BCUT2D eigenvalue weighted by Gasteiger charge is -2.18. The molecule has 0 aromatic heterocycles. The van der Waals surface area contributed by atoms with Crippen molar-refractivity contribution in [2.75, 3.05) is 6.61 Å². The van der Waals surface area contributed by atoms with E-state index in [-0.39, 0.29) is 5.92 Å². The molecule has 0 saturated carbocycles. The smallest absolute Gasteiger partial charge is 0.157 e. The van der Waals surface area contributed by atoms with Gasteiger partial charge in [0.05, 0.1) is 0 Å². The summed E-state index contributed by atoms with van der Waals surface area (Å²) in [6, 6.07) is 0. The number of aliphatic hydroxyl groups is 1. The minimum atomic E-state index is -0.566. The zero-order valence-corrected chi connectivity index (χ0v) is 13.5. The van der Waals surface area contributed by atoms with Crippen LogP contribution in [0.4, 0.5) is 0 Å². The summed E-state index contributed by atoms with van der Waals surface area (Å²) < 4.78 is 5.20. The van der Waals surface area contributed by atoms with Crippen LogP contribution in [0.3, 0.4) is 0 Å². The maximum Gasteiger partial charge on any atom is 0.157 e. The van der Waals surface area contributed by atoms with Gasteiger partial charge in [0.25, 0.3) is 0 Å². The number of unbranched alkanes of at least 4 members (excludes halogenated alkanes) is 9. The summed E-state index contributed by atoms with van der Waals surface area (Å²) >= 11 is 0. The molecule has 19 heavy (non-hydrogen) atoms.